The van der Waals surface area contributed by atoms with E-state index in [0.29, 0.717) is 18.2 Å². The van der Waals surface area contributed by atoms with Crippen LogP contribution in [-0.2, 0) is 6.54 Å². The molecule has 0 amide bonds. The number of rotatable bonds is 5. The second-order valence-electron chi connectivity index (χ2n) is 5.16. The SMILES string of the molecule is CCCN(Cc1cccc(F)c1F)C1CCNCC1.Cl. The molecule has 1 aromatic carbocycles. The molecule has 0 radical (unpaired) electrons. The van der Waals surface area contributed by atoms with Gasteiger partial charge in [0.25, 0.3) is 0 Å². The summed E-state index contributed by atoms with van der Waals surface area (Å²) in [7, 11) is 0. The number of hydrogen-bond donors (Lipinski definition) is 1. The van der Waals surface area contributed by atoms with Gasteiger partial charge >= 0.3 is 0 Å². The Morgan fingerprint density at radius 2 is 1.95 bits per heavy atom. The molecule has 0 spiro atoms. The molecule has 1 saturated heterocycles. The first-order valence-corrected chi connectivity index (χ1v) is 7.10. The van der Waals surface area contributed by atoms with E-state index in [1.807, 2.05) is 0 Å². The summed E-state index contributed by atoms with van der Waals surface area (Å²) in [5.41, 5.74) is 0.465. The topological polar surface area (TPSA) is 15.3 Å². The van der Waals surface area contributed by atoms with Crippen LogP contribution in [0.2, 0.25) is 0 Å². The first-order chi connectivity index (χ1) is 9.22. The Kier molecular flexibility index (Phi) is 7.41. The maximum Gasteiger partial charge on any atom is 0.163 e. The van der Waals surface area contributed by atoms with Crippen LogP contribution in [0.3, 0.4) is 0 Å². The number of benzene rings is 1. The van der Waals surface area contributed by atoms with Crippen molar-refractivity contribution in [1.82, 2.24) is 10.2 Å². The minimum absolute atomic E-state index is 0. The monoisotopic (exact) mass is 304 g/mol. The van der Waals surface area contributed by atoms with E-state index in [1.165, 1.54) is 6.07 Å². The first-order valence-electron chi connectivity index (χ1n) is 7.10. The third kappa shape index (κ3) is 4.40. The fourth-order valence-electron chi connectivity index (χ4n) is 2.74. The van der Waals surface area contributed by atoms with E-state index in [9.17, 15) is 8.78 Å². The highest BCUT2D eigenvalue weighted by Gasteiger charge is 2.21. The zero-order chi connectivity index (χ0) is 13.7. The Morgan fingerprint density at radius 3 is 2.60 bits per heavy atom. The molecule has 0 unspecified atom stereocenters. The van der Waals surface area contributed by atoms with Gasteiger partial charge in [0.2, 0.25) is 0 Å². The van der Waals surface area contributed by atoms with Gasteiger partial charge in [0.15, 0.2) is 11.6 Å². The molecule has 114 valence electrons. The van der Waals surface area contributed by atoms with Crippen molar-refractivity contribution in [3.8, 4) is 0 Å². The van der Waals surface area contributed by atoms with Crippen molar-refractivity contribution in [3.63, 3.8) is 0 Å². The number of nitrogens with zero attached hydrogens (tertiary/aromatic N) is 1. The maximum atomic E-state index is 13.8. The van der Waals surface area contributed by atoms with Crippen LogP contribution in [0.15, 0.2) is 18.2 Å². The highest BCUT2D eigenvalue weighted by molar-refractivity contribution is 5.85. The predicted molar refractivity (Wildman–Crippen MR) is 80.2 cm³/mol. The lowest BCUT2D eigenvalue weighted by molar-refractivity contribution is 0.152. The van der Waals surface area contributed by atoms with Crippen LogP contribution < -0.4 is 5.32 Å². The van der Waals surface area contributed by atoms with Crippen molar-refractivity contribution in [2.24, 2.45) is 0 Å². The standard InChI is InChI=1S/C15H22F2N2.ClH/c1-2-10-19(13-6-8-18-9-7-13)11-12-4-3-5-14(16)15(12)17;/h3-5,13,18H,2,6-11H2,1H3;1H. The molecule has 0 aliphatic carbocycles. The van der Waals surface area contributed by atoms with E-state index in [0.717, 1.165) is 38.9 Å². The highest BCUT2D eigenvalue weighted by atomic mass is 35.5. The fourth-order valence-corrected chi connectivity index (χ4v) is 2.74. The fraction of sp³-hybridized carbons (Fsp3) is 0.600. The average Bonchev–Trinajstić information content (AvgIpc) is 2.44. The highest BCUT2D eigenvalue weighted by Crippen LogP contribution is 2.19. The predicted octanol–water partition coefficient (Wildman–Crippen LogP) is 3.35. The van der Waals surface area contributed by atoms with Crippen molar-refractivity contribution in [2.45, 2.75) is 38.8 Å². The smallest absolute Gasteiger partial charge is 0.163 e. The molecule has 2 nitrogen and oxygen atoms in total. The number of nitrogens with one attached hydrogen (secondary N) is 1. The van der Waals surface area contributed by atoms with Gasteiger partial charge in [-0.15, -0.1) is 12.4 Å². The van der Waals surface area contributed by atoms with Crippen LogP contribution in [0.25, 0.3) is 0 Å². The van der Waals surface area contributed by atoms with Gasteiger partial charge in [-0.1, -0.05) is 19.1 Å². The van der Waals surface area contributed by atoms with Crippen molar-refractivity contribution >= 4 is 12.4 Å². The summed E-state index contributed by atoms with van der Waals surface area (Å²) in [5.74, 6) is -1.45. The Morgan fingerprint density at radius 1 is 1.25 bits per heavy atom. The summed E-state index contributed by atoms with van der Waals surface area (Å²) in [4.78, 5) is 2.29. The van der Waals surface area contributed by atoms with E-state index in [-0.39, 0.29) is 12.4 Å². The second kappa shape index (κ2) is 8.55. The van der Waals surface area contributed by atoms with Crippen LogP contribution in [0.5, 0.6) is 0 Å². The summed E-state index contributed by atoms with van der Waals surface area (Å²) < 4.78 is 27.0. The summed E-state index contributed by atoms with van der Waals surface area (Å²) in [6.07, 6.45) is 3.19. The van der Waals surface area contributed by atoms with Crippen LogP contribution in [-0.4, -0.2) is 30.6 Å². The number of piperidine rings is 1. The molecule has 0 saturated carbocycles. The average molecular weight is 305 g/mol. The molecule has 1 heterocycles. The van der Waals surface area contributed by atoms with E-state index in [1.54, 1.807) is 12.1 Å². The van der Waals surface area contributed by atoms with Gasteiger partial charge in [0.05, 0.1) is 0 Å². The molecule has 1 N–H and O–H groups in total. The quantitative estimate of drug-likeness (QED) is 0.897. The Bertz CT molecular complexity index is 409. The zero-order valence-corrected chi connectivity index (χ0v) is 12.7. The number of hydrogen-bond acceptors (Lipinski definition) is 2. The second-order valence-corrected chi connectivity index (χ2v) is 5.16. The zero-order valence-electron chi connectivity index (χ0n) is 11.9. The van der Waals surface area contributed by atoms with Crippen molar-refractivity contribution < 1.29 is 8.78 Å². The molecule has 0 bridgehead atoms. The molecular weight excluding hydrogens is 282 g/mol. The van der Waals surface area contributed by atoms with E-state index in [2.05, 4.69) is 17.1 Å². The third-order valence-corrected chi connectivity index (χ3v) is 3.74. The number of halogens is 3. The molecule has 1 aliphatic heterocycles. The summed E-state index contributed by atoms with van der Waals surface area (Å²) in [6, 6.07) is 4.92. The first kappa shape index (κ1) is 17.3. The molecule has 1 fully saturated rings. The molecule has 1 aliphatic rings. The van der Waals surface area contributed by atoms with Gasteiger partial charge in [-0.2, -0.15) is 0 Å². The molecule has 5 heteroatoms. The van der Waals surface area contributed by atoms with E-state index >= 15 is 0 Å². The van der Waals surface area contributed by atoms with Crippen LogP contribution in [0, 0.1) is 11.6 Å². The van der Waals surface area contributed by atoms with Gasteiger partial charge in [0.1, 0.15) is 0 Å². The molecule has 0 aromatic heterocycles. The van der Waals surface area contributed by atoms with Crippen LogP contribution >= 0.6 is 12.4 Å². The molecule has 2 rings (SSSR count). The Labute approximate surface area is 126 Å². The molecule has 20 heavy (non-hydrogen) atoms. The summed E-state index contributed by atoms with van der Waals surface area (Å²) in [6.45, 7) is 5.58. The van der Waals surface area contributed by atoms with Gasteiger partial charge in [-0.25, -0.2) is 8.78 Å². The normalized spacial score (nSPS) is 16.2. The molecular formula is C15H23ClF2N2. The molecule has 0 atom stereocenters. The van der Waals surface area contributed by atoms with Crippen LogP contribution in [0.1, 0.15) is 31.7 Å². The lowest BCUT2D eigenvalue weighted by Gasteiger charge is -2.34. The lowest BCUT2D eigenvalue weighted by Crippen LogP contribution is -2.43. The Balaban J connectivity index is 0.00000200. The van der Waals surface area contributed by atoms with Gasteiger partial charge in [-0.05, 0) is 45.0 Å². The van der Waals surface area contributed by atoms with E-state index in [4.69, 9.17) is 0 Å². The minimum atomic E-state index is -0.751. The maximum absolute atomic E-state index is 13.8. The van der Waals surface area contributed by atoms with E-state index < -0.39 is 11.6 Å². The van der Waals surface area contributed by atoms with Crippen molar-refractivity contribution in [1.29, 1.82) is 0 Å². The van der Waals surface area contributed by atoms with Gasteiger partial charge < -0.3 is 5.32 Å². The third-order valence-electron chi connectivity index (χ3n) is 3.74. The van der Waals surface area contributed by atoms with Crippen LogP contribution in [0.4, 0.5) is 8.78 Å². The molecule has 1 aromatic rings. The summed E-state index contributed by atoms with van der Waals surface area (Å²) >= 11 is 0. The van der Waals surface area contributed by atoms with Crippen molar-refractivity contribution in [2.75, 3.05) is 19.6 Å². The lowest BCUT2D eigenvalue weighted by atomic mass is 10.0. The Hall–Kier alpha value is -0.710. The largest absolute Gasteiger partial charge is 0.317 e. The van der Waals surface area contributed by atoms with Gasteiger partial charge in [0, 0.05) is 18.2 Å². The minimum Gasteiger partial charge on any atom is -0.317 e. The van der Waals surface area contributed by atoms with Crippen molar-refractivity contribution in [3.05, 3.63) is 35.4 Å². The summed E-state index contributed by atoms with van der Waals surface area (Å²) in [5, 5.41) is 3.34. The van der Waals surface area contributed by atoms with Gasteiger partial charge in [-0.3, -0.25) is 4.90 Å².